The number of benzene rings is 1. The molecule has 0 bridgehead atoms. The number of halogens is 1. The molecule has 0 saturated carbocycles. The SMILES string of the molecule is CCCc1cc(O)c(C)cc1Cl. The number of aryl methyl sites for hydroxylation is 2. The lowest BCUT2D eigenvalue weighted by Crippen LogP contribution is -1.86. The maximum atomic E-state index is 9.39. The van der Waals surface area contributed by atoms with Gasteiger partial charge in [-0.1, -0.05) is 24.9 Å². The lowest BCUT2D eigenvalue weighted by atomic mass is 10.1. The van der Waals surface area contributed by atoms with Gasteiger partial charge in [0.05, 0.1) is 0 Å². The Morgan fingerprint density at radius 2 is 2.08 bits per heavy atom. The minimum atomic E-state index is 0.336. The average molecular weight is 185 g/mol. The Bertz CT molecular complexity index is 281. The van der Waals surface area contributed by atoms with Crippen molar-refractivity contribution in [2.45, 2.75) is 26.7 Å². The van der Waals surface area contributed by atoms with Crippen LogP contribution in [0.25, 0.3) is 0 Å². The van der Waals surface area contributed by atoms with Crippen LogP contribution in [0.4, 0.5) is 0 Å². The number of aromatic hydroxyl groups is 1. The fraction of sp³-hybridized carbons (Fsp3) is 0.400. The Labute approximate surface area is 78.0 Å². The summed E-state index contributed by atoms with van der Waals surface area (Å²) in [6.07, 6.45) is 1.97. The zero-order valence-electron chi connectivity index (χ0n) is 7.39. The Balaban J connectivity index is 3.05. The first-order chi connectivity index (χ1) is 5.65. The Morgan fingerprint density at radius 1 is 1.42 bits per heavy atom. The van der Waals surface area contributed by atoms with Crippen molar-refractivity contribution in [2.75, 3.05) is 0 Å². The molecule has 0 heterocycles. The molecule has 0 radical (unpaired) electrons. The maximum Gasteiger partial charge on any atom is 0.118 e. The highest BCUT2D eigenvalue weighted by Crippen LogP contribution is 2.26. The first-order valence-electron chi connectivity index (χ1n) is 4.13. The van der Waals surface area contributed by atoms with Crippen LogP contribution < -0.4 is 0 Å². The topological polar surface area (TPSA) is 20.2 Å². The van der Waals surface area contributed by atoms with Gasteiger partial charge in [-0.25, -0.2) is 0 Å². The smallest absolute Gasteiger partial charge is 0.118 e. The summed E-state index contributed by atoms with van der Waals surface area (Å²) in [5.41, 5.74) is 1.86. The van der Waals surface area contributed by atoms with E-state index in [1.165, 1.54) is 0 Å². The highest BCUT2D eigenvalue weighted by molar-refractivity contribution is 6.31. The summed E-state index contributed by atoms with van der Waals surface area (Å²) >= 11 is 5.97. The lowest BCUT2D eigenvalue weighted by Gasteiger charge is -2.05. The second-order valence-electron chi connectivity index (χ2n) is 2.98. The molecule has 0 aromatic heterocycles. The number of rotatable bonds is 2. The van der Waals surface area contributed by atoms with E-state index in [1.807, 2.05) is 13.0 Å². The molecular formula is C10H13ClO. The van der Waals surface area contributed by atoms with Crippen molar-refractivity contribution >= 4 is 11.6 Å². The quantitative estimate of drug-likeness (QED) is 0.748. The zero-order valence-corrected chi connectivity index (χ0v) is 8.15. The van der Waals surface area contributed by atoms with Crippen molar-refractivity contribution in [3.05, 3.63) is 28.3 Å². The number of hydrogen-bond acceptors (Lipinski definition) is 1. The Hall–Kier alpha value is -0.690. The van der Waals surface area contributed by atoms with E-state index in [2.05, 4.69) is 6.92 Å². The molecule has 1 nitrogen and oxygen atoms in total. The van der Waals surface area contributed by atoms with Gasteiger partial charge in [0.25, 0.3) is 0 Å². The van der Waals surface area contributed by atoms with Crippen molar-refractivity contribution in [1.82, 2.24) is 0 Å². The highest BCUT2D eigenvalue weighted by Gasteiger charge is 2.03. The van der Waals surface area contributed by atoms with E-state index in [0.717, 1.165) is 29.0 Å². The highest BCUT2D eigenvalue weighted by atomic mass is 35.5. The Kier molecular flexibility index (Phi) is 2.99. The second-order valence-corrected chi connectivity index (χ2v) is 3.39. The molecule has 0 aliphatic carbocycles. The van der Waals surface area contributed by atoms with Crippen molar-refractivity contribution in [1.29, 1.82) is 0 Å². The molecule has 0 saturated heterocycles. The Morgan fingerprint density at radius 3 is 2.67 bits per heavy atom. The molecule has 0 spiro atoms. The monoisotopic (exact) mass is 184 g/mol. The van der Waals surface area contributed by atoms with Crippen LogP contribution in [0.3, 0.4) is 0 Å². The summed E-state index contributed by atoms with van der Waals surface area (Å²) in [5.74, 6) is 0.336. The van der Waals surface area contributed by atoms with E-state index in [0.29, 0.717) is 5.75 Å². The standard InChI is InChI=1S/C10H13ClO/c1-3-4-8-6-10(12)7(2)5-9(8)11/h5-6,12H,3-4H2,1-2H3. The molecule has 1 N–H and O–H groups in total. The van der Waals surface area contributed by atoms with Crippen LogP contribution in [0.1, 0.15) is 24.5 Å². The molecule has 2 heteroatoms. The third kappa shape index (κ3) is 1.92. The summed E-state index contributed by atoms with van der Waals surface area (Å²) in [4.78, 5) is 0. The van der Waals surface area contributed by atoms with Crippen LogP contribution >= 0.6 is 11.6 Å². The first kappa shape index (κ1) is 9.40. The molecule has 0 unspecified atom stereocenters. The second kappa shape index (κ2) is 3.81. The van der Waals surface area contributed by atoms with Gasteiger partial charge < -0.3 is 5.11 Å². The van der Waals surface area contributed by atoms with Crippen LogP contribution in [-0.4, -0.2) is 5.11 Å². The molecule has 0 fully saturated rings. The van der Waals surface area contributed by atoms with Crippen molar-refractivity contribution < 1.29 is 5.11 Å². The van der Waals surface area contributed by atoms with Crippen LogP contribution in [0.15, 0.2) is 12.1 Å². The predicted molar refractivity (Wildman–Crippen MR) is 51.8 cm³/mol. The van der Waals surface area contributed by atoms with Crippen LogP contribution in [0.2, 0.25) is 5.02 Å². The van der Waals surface area contributed by atoms with Gasteiger partial charge in [0.2, 0.25) is 0 Å². The molecule has 66 valence electrons. The first-order valence-corrected chi connectivity index (χ1v) is 4.51. The molecule has 1 aromatic rings. The van der Waals surface area contributed by atoms with E-state index < -0.39 is 0 Å². The van der Waals surface area contributed by atoms with E-state index in [9.17, 15) is 5.11 Å². The van der Waals surface area contributed by atoms with Gasteiger partial charge >= 0.3 is 0 Å². The van der Waals surface area contributed by atoms with E-state index >= 15 is 0 Å². The lowest BCUT2D eigenvalue weighted by molar-refractivity contribution is 0.470. The van der Waals surface area contributed by atoms with Crippen molar-refractivity contribution in [3.8, 4) is 5.75 Å². The third-order valence-electron chi connectivity index (χ3n) is 1.88. The fourth-order valence-electron chi connectivity index (χ4n) is 1.17. The van der Waals surface area contributed by atoms with Crippen molar-refractivity contribution in [3.63, 3.8) is 0 Å². The van der Waals surface area contributed by atoms with Gasteiger partial charge in [-0.15, -0.1) is 0 Å². The summed E-state index contributed by atoms with van der Waals surface area (Å²) in [5, 5.41) is 10.1. The number of hydrogen-bond donors (Lipinski definition) is 1. The van der Waals surface area contributed by atoms with Gasteiger partial charge in [-0.2, -0.15) is 0 Å². The van der Waals surface area contributed by atoms with Gasteiger partial charge in [-0.3, -0.25) is 0 Å². The van der Waals surface area contributed by atoms with Crippen LogP contribution in [0.5, 0.6) is 5.75 Å². The summed E-state index contributed by atoms with van der Waals surface area (Å²) < 4.78 is 0. The van der Waals surface area contributed by atoms with Crippen LogP contribution in [-0.2, 0) is 6.42 Å². The zero-order chi connectivity index (χ0) is 9.14. The molecular weight excluding hydrogens is 172 g/mol. The van der Waals surface area contributed by atoms with Gasteiger partial charge in [0.15, 0.2) is 0 Å². The number of phenols is 1. The molecule has 1 rings (SSSR count). The largest absolute Gasteiger partial charge is 0.508 e. The third-order valence-corrected chi connectivity index (χ3v) is 2.24. The minimum absolute atomic E-state index is 0.336. The van der Waals surface area contributed by atoms with Crippen LogP contribution in [0, 0.1) is 6.92 Å². The average Bonchev–Trinajstić information content (AvgIpc) is 2.01. The molecule has 12 heavy (non-hydrogen) atoms. The number of phenolic OH excluding ortho intramolecular Hbond substituents is 1. The summed E-state index contributed by atoms with van der Waals surface area (Å²) in [7, 11) is 0. The minimum Gasteiger partial charge on any atom is -0.508 e. The maximum absolute atomic E-state index is 9.39. The summed E-state index contributed by atoms with van der Waals surface area (Å²) in [6.45, 7) is 3.93. The molecule has 0 amide bonds. The summed E-state index contributed by atoms with van der Waals surface area (Å²) in [6, 6.07) is 3.56. The van der Waals surface area contributed by atoms with E-state index in [4.69, 9.17) is 11.6 Å². The molecule has 1 aromatic carbocycles. The normalized spacial score (nSPS) is 10.2. The molecule has 0 aliphatic heterocycles. The van der Waals surface area contributed by atoms with Gasteiger partial charge in [0, 0.05) is 5.02 Å². The van der Waals surface area contributed by atoms with E-state index in [1.54, 1.807) is 6.07 Å². The predicted octanol–water partition coefficient (Wildman–Crippen LogP) is 3.31. The van der Waals surface area contributed by atoms with Crippen molar-refractivity contribution in [2.24, 2.45) is 0 Å². The molecule has 0 atom stereocenters. The molecule has 0 aliphatic rings. The van der Waals surface area contributed by atoms with Gasteiger partial charge in [0.1, 0.15) is 5.75 Å². The fourth-order valence-corrected chi connectivity index (χ4v) is 1.48. The van der Waals surface area contributed by atoms with Gasteiger partial charge in [-0.05, 0) is 36.6 Å². The van der Waals surface area contributed by atoms with E-state index in [-0.39, 0.29) is 0 Å².